The summed E-state index contributed by atoms with van der Waals surface area (Å²) in [5.74, 6) is 0.460. The third-order valence-electron chi connectivity index (χ3n) is 3.31. The van der Waals surface area contributed by atoms with E-state index in [0.29, 0.717) is 16.8 Å². The van der Waals surface area contributed by atoms with E-state index in [-0.39, 0.29) is 11.9 Å². The first-order chi connectivity index (χ1) is 11.1. The lowest BCUT2D eigenvalue weighted by molar-refractivity contribution is -0.118. The van der Waals surface area contributed by atoms with Crippen LogP contribution in [0.3, 0.4) is 0 Å². The molecule has 0 fully saturated rings. The highest BCUT2D eigenvalue weighted by atomic mass is 32.2. The summed E-state index contributed by atoms with van der Waals surface area (Å²) in [7, 11) is 1.36. The first kappa shape index (κ1) is 17.7. The number of carbonyl (C=O) groups excluding carboxylic acids is 2. The van der Waals surface area contributed by atoms with Crippen LogP contribution in [0.4, 0.5) is 0 Å². The molecule has 0 aliphatic heterocycles. The predicted octanol–water partition coefficient (Wildman–Crippen LogP) is 3.08. The van der Waals surface area contributed by atoms with E-state index in [4.69, 9.17) is 4.74 Å². The molecule has 1 aromatic heterocycles. The zero-order chi connectivity index (χ0) is 16.8. The molecule has 7 heteroatoms. The Kier molecular flexibility index (Phi) is 6.41. The zero-order valence-corrected chi connectivity index (χ0v) is 15.1. The highest BCUT2D eigenvalue weighted by Crippen LogP contribution is 2.20. The number of thiazole rings is 1. The highest BCUT2D eigenvalue weighted by molar-refractivity contribution is 7.98. The van der Waals surface area contributed by atoms with Crippen molar-refractivity contribution in [3.8, 4) is 0 Å². The van der Waals surface area contributed by atoms with Gasteiger partial charge in [-0.25, -0.2) is 4.79 Å². The van der Waals surface area contributed by atoms with Crippen molar-refractivity contribution >= 4 is 45.2 Å². The van der Waals surface area contributed by atoms with Crippen LogP contribution in [-0.2, 0) is 16.1 Å². The number of benzene rings is 1. The molecule has 5 nitrogen and oxygen atoms in total. The van der Waals surface area contributed by atoms with Gasteiger partial charge in [-0.05, 0) is 30.9 Å². The molecule has 1 heterocycles. The van der Waals surface area contributed by atoms with Crippen molar-refractivity contribution < 1.29 is 14.3 Å². The van der Waals surface area contributed by atoms with E-state index in [0.717, 1.165) is 28.9 Å². The Morgan fingerprint density at radius 2 is 2.17 bits per heavy atom. The van der Waals surface area contributed by atoms with Crippen molar-refractivity contribution in [3.05, 3.63) is 28.6 Å². The molecule has 23 heavy (non-hydrogen) atoms. The fraction of sp³-hybridized carbons (Fsp3) is 0.438. The Morgan fingerprint density at radius 3 is 2.83 bits per heavy atom. The lowest BCUT2D eigenvalue weighted by atomic mass is 10.2. The number of amides is 1. The van der Waals surface area contributed by atoms with E-state index >= 15 is 0 Å². The molecule has 0 bridgehead atoms. The van der Waals surface area contributed by atoms with Gasteiger partial charge < -0.3 is 9.30 Å². The van der Waals surface area contributed by atoms with Gasteiger partial charge in [0.15, 0.2) is 4.80 Å². The normalized spacial score (nSPS) is 11.9. The first-order valence-corrected chi connectivity index (χ1v) is 9.60. The molecule has 124 valence electrons. The minimum atomic E-state index is -0.364. The number of methoxy groups -OCH3 is 1. The van der Waals surface area contributed by atoms with Crippen LogP contribution in [-0.4, -0.2) is 35.6 Å². The van der Waals surface area contributed by atoms with Gasteiger partial charge in [0.05, 0.1) is 22.9 Å². The Bertz CT molecular complexity index is 777. The van der Waals surface area contributed by atoms with Gasteiger partial charge in [0.2, 0.25) is 5.91 Å². The molecule has 0 aliphatic rings. The van der Waals surface area contributed by atoms with Crippen LogP contribution in [0.25, 0.3) is 10.2 Å². The Balaban J connectivity index is 2.55. The fourth-order valence-corrected chi connectivity index (χ4v) is 3.66. The minimum Gasteiger partial charge on any atom is -0.465 e. The van der Waals surface area contributed by atoms with E-state index in [9.17, 15) is 9.59 Å². The molecule has 0 atom stereocenters. The van der Waals surface area contributed by atoms with Gasteiger partial charge in [-0.2, -0.15) is 16.8 Å². The summed E-state index contributed by atoms with van der Waals surface area (Å²) >= 11 is 3.17. The predicted molar refractivity (Wildman–Crippen MR) is 95.0 cm³/mol. The second kappa shape index (κ2) is 8.31. The lowest BCUT2D eigenvalue weighted by Gasteiger charge is -2.04. The molecule has 0 saturated heterocycles. The Hall–Kier alpha value is -1.60. The molecule has 1 aromatic carbocycles. The lowest BCUT2D eigenvalue weighted by Crippen LogP contribution is -2.18. The van der Waals surface area contributed by atoms with Crippen molar-refractivity contribution in [2.75, 3.05) is 19.1 Å². The average molecular weight is 352 g/mol. The van der Waals surface area contributed by atoms with Gasteiger partial charge in [0.25, 0.3) is 0 Å². The molecule has 1 amide bonds. The molecule has 2 aromatic rings. The number of rotatable bonds is 6. The van der Waals surface area contributed by atoms with Gasteiger partial charge >= 0.3 is 5.97 Å². The molecule has 0 spiro atoms. The summed E-state index contributed by atoms with van der Waals surface area (Å²) in [6, 6.07) is 5.43. The van der Waals surface area contributed by atoms with Crippen molar-refractivity contribution in [1.82, 2.24) is 4.57 Å². The third kappa shape index (κ3) is 4.23. The van der Waals surface area contributed by atoms with Crippen molar-refractivity contribution in [1.29, 1.82) is 0 Å². The van der Waals surface area contributed by atoms with Crippen LogP contribution in [0, 0.1) is 0 Å². The third-order valence-corrected chi connectivity index (χ3v) is 4.94. The summed E-state index contributed by atoms with van der Waals surface area (Å²) in [5.41, 5.74) is 1.49. The van der Waals surface area contributed by atoms with Crippen molar-refractivity contribution in [2.24, 2.45) is 4.99 Å². The maximum atomic E-state index is 11.9. The zero-order valence-electron chi connectivity index (χ0n) is 13.5. The maximum Gasteiger partial charge on any atom is 0.337 e. The highest BCUT2D eigenvalue weighted by Gasteiger charge is 2.11. The Labute approximate surface area is 143 Å². The largest absolute Gasteiger partial charge is 0.465 e. The van der Waals surface area contributed by atoms with Gasteiger partial charge in [0, 0.05) is 18.7 Å². The van der Waals surface area contributed by atoms with Gasteiger partial charge in [-0.15, -0.1) is 0 Å². The van der Waals surface area contributed by atoms with Gasteiger partial charge in [-0.1, -0.05) is 18.3 Å². The van der Waals surface area contributed by atoms with Crippen LogP contribution in [0.1, 0.15) is 30.1 Å². The van der Waals surface area contributed by atoms with Crippen molar-refractivity contribution in [2.45, 2.75) is 26.3 Å². The van der Waals surface area contributed by atoms with E-state index in [1.807, 2.05) is 23.8 Å². The number of nitrogens with zero attached hydrogens (tertiary/aromatic N) is 2. The number of hydrogen-bond donors (Lipinski definition) is 0. The second-order valence-corrected chi connectivity index (χ2v) is 6.95. The van der Waals surface area contributed by atoms with E-state index in [2.05, 4.69) is 4.99 Å². The van der Waals surface area contributed by atoms with Crippen LogP contribution < -0.4 is 4.80 Å². The smallest absolute Gasteiger partial charge is 0.337 e. The number of ether oxygens (including phenoxy) is 1. The number of hydrogen-bond acceptors (Lipinski definition) is 5. The molecule has 0 aliphatic carbocycles. The molecular formula is C16H20N2O3S2. The van der Waals surface area contributed by atoms with E-state index in [1.54, 1.807) is 23.9 Å². The minimum absolute atomic E-state index is 0.106. The number of aromatic nitrogens is 1. The summed E-state index contributed by atoms with van der Waals surface area (Å²) in [5, 5.41) is 0. The van der Waals surface area contributed by atoms with Gasteiger partial charge in [0.1, 0.15) is 0 Å². The maximum absolute atomic E-state index is 11.9. The molecule has 0 radical (unpaired) electrons. The van der Waals surface area contributed by atoms with Crippen LogP contribution in [0.15, 0.2) is 23.2 Å². The quantitative estimate of drug-likeness (QED) is 0.750. The fourth-order valence-electron chi connectivity index (χ4n) is 2.18. The van der Waals surface area contributed by atoms with Gasteiger partial charge in [-0.3, -0.25) is 4.79 Å². The Morgan fingerprint density at radius 1 is 1.39 bits per heavy atom. The van der Waals surface area contributed by atoms with Crippen LogP contribution in [0.5, 0.6) is 0 Å². The number of thioether (sulfide) groups is 1. The summed E-state index contributed by atoms with van der Waals surface area (Å²) in [6.45, 7) is 2.74. The van der Waals surface area contributed by atoms with Crippen LogP contribution in [0.2, 0.25) is 0 Å². The number of esters is 1. The van der Waals surface area contributed by atoms with E-state index < -0.39 is 0 Å². The molecule has 0 unspecified atom stereocenters. The second-order valence-electron chi connectivity index (χ2n) is 4.96. The number of carbonyl (C=O) groups is 2. The number of aryl methyl sites for hydroxylation is 1. The molecule has 2 rings (SSSR count). The standard InChI is InChI=1S/C16H20N2O3S2/c1-4-5-14(19)17-16-18(8-9-22-3)12-7-6-11(15(20)21-2)10-13(12)23-16/h6-7,10H,4-5,8-9H2,1-3H3. The number of fused-ring (bicyclic) bond motifs is 1. The first-order valence-electron chi connectivity index (χ1n) is 7.39. The molecular weight excluding hydrogens is 332 g/mol. The SMILES string of the molecule is CCCC(=O)N=c1sc2cc(C(=O)OC)ccc2n1CCSC. The van der Waals surface area contributed by atoms with E-state index in [1.165, 1.54) is 18.4 Å². The summed E-state index contributed by atoms with van der Waals surface area (Å²) in [6.07, 6.45) is 3.28. The summed E-state index contributed by atoms with van der Waals surface area (Å²) in [4.78, 5) is 28.5. The van der Waals surface area contributed by atoms with Crippen molar-refractivity contribution in [3.63, 3.8) is 0 Å². The average Bonchev–Trinajstić information content (AvgIpc) is 2.88. The van der Waals surface area contributed by atoms with Crippen LogP contribution >= 0.6 is 23.1 Å². The topological polar surface area (TPSA) is 60.7 Å². The summed E-state index contributed by atoms with van der Waals surface area (Å²) < 4.78 is 7.74. The monoisotopic (exact) mass is 352 g/mol. The molecule has 0 saturated carbocycles. The molecule has 0 N–H and O–H groups in total.